The summed E-state index contributed by atoms with van der Waals surface area (Å²) in [6.45, 7) is 10.9. The fourth-order valence-electron chi connectivity index (χ4n) is 4.45. The summed E-state index contributed by atoms with van der Waals surface area (Å²) in [6.07, 6.45) is 0. The van der Waals surface area contributed by atoms with Gasteiger partial charge in [-0.25, -0.2) is 0 Å². The highest BCUT2D eigenvalue weighted by molar-refractivity contribution is 7.80. The first-order valence-corrected chi connectivity index (χ1v) is 13.2. The summed E-state index contributed by atoms with van der Waals surface area (Å²) in [4.78, 5) is 18.0. The molecule has 0 atom stereocenters. The summed E-state index contributed by atoms with van der Waals surface area (Å²) >= 11 is 5.84. The van der Waals surface area contributed by atoms with E-state index >= 15 is 0 Å². The summed E-state index contributed by atoms with van der Waals surface area (Å²) < 4.78 is 11.7. The quantitative estimate of drug-likeness (QED) is 0.393. The van der Waals surface area contributed by atoms with E-state index < -0.39 is 0 Å². The Balaban J connectivity index is 1.34. The van der Waals surface area contributed by atoms with Crippen molar-refractivity contribution in [2.24, 2.45) is 0 Å². The number of amides is 1. The fourth-order valence-corrected chi connectivity index (χ4v) is 4.75. The molecule has 7 heteroatoms. The van der Waals surface area contributed by atoms with Crippen LogP contribution in [-0.2, 0) is 11.3 Å². The molecule has 194 valence electrons. The summed E-state index contributed by atoms with van der Waals surface area (Å²) in [7, 11) is 0. The van der Waals surface area contributed by atoms with Crippen molar-refractivity contribution in [2.75, 3.05) is 44.7 Å². The molecule has 0 spiro atoms. The molecule has 3 aromatic carbocycles. The highest BCUT2D eigenvalue weighted by atomic mass is 32.1. The number of carbonyl (C=O) groups excluding carboxylic acids is 1. The Labute approximate surface area is 225 Å². The third-order valence-corrected chi connectivity index (χ3v) is 6.91. The number of nitrogens with zero attached hydrogens (tertiary/aromatic N) is 2. The lowest BCUT2D eigenvalue weighted by molar-refractivity contribution is -0.118. The van der Waals surface area contributed by atoms with Crippen molar-refractivity contribution < 1.29 is 14.3 Å². The van der Waals surface area contributed by atoms with E-state index in [2.05, 4.69) is 39.4 Å². The van der Waals surface area contributed by atoms with Crippen LogP contribution in [0.1, 0.15) is 29.2 Å². The summed E-state index contributed by atoms with van der Waals surface area (Å²) in [5.74, 6) is 0.892. The minimum atomic E-state index is -0.220. The predicted octanol–water partition coefficient (Wildman–Crippen LogP) is 5.21. The van der Waals surface area contributed by atoms with Gasteiger partial charge in [-0.3, -0.25) is 9.69 Å². The molecular formula is C30H35N3O3S. The third-order valence-electron chi connectivity index (χ3n) is 6.41. The minimum absolute atomic E-state index is 0.111. The lowest BCUT2D eigenvalue weighted by Crippen LogP contribution is -2.48. The van der Waals surface area contributed by atoms with Gasteiger partial charge in [0, 0.05) is 44.0 Å². The first-order valence-electron chi connectivity index (χ1n) is 12.7. The van der Waals surface area contributed by atoms with Crippen LogP contribution in [0.25, 0.3) is 0 Å². The van der Waals surface area contributed by atoms with Crippen LogP contribution in [0.3, 0.4) is 0 Å². The number of benzene rings is 3. The maximum atomic E-state index is 12.5. The van der Waals surface area contributed by atoms with Crippen LogP contribution in [0.15, 0.2) is 66.7 Å². The second-order valence-corrected chi connectivity index (χ2v) is 9.69. The van der Waals surface area contributed by atoms with Crippen LogP contribution in [0.4, 0.5) is 5.69 Å². The Kier molecular flexibility index (Phi) is 9.14. The molecule has 4 rings (SSSR count). The lowest BCUT2D eigenvalue weighted by atomic mass is 10.1. The zero-order valence-corrected chi connectivity index (χ0v) is 22.6. The molecule has 3 aromatic rings. The van der Waals surface area contributed by atoms with Gasteiger partial charge in [-0.05, 0) is 56.2 Å². The van der Waals surface area contributed by atoms with E-state index in [0.717, 1.165) is 60.1 Å². The number of ether oxygens (including phenoxy) is 2. The van der Waals surface area contributed by atoms with Crippen LogP contribution < -0.4 is 14.8 Å². The Morgan fingerprint density at radius 2 is 1.68 bits per heavy atom. The first kappa shape index (κ1) is 26.6. The van der Waals surface area contributed by atoms with Crippen molar-refractivity contribution in [3.63, 3.8) is 0 Å². The van der Waals surface area contributed by atoms with Gasteiger partial charge in [0.2, 0.25) is 0 Å². The topological polar surface area (TPSA) is 54.0 Å². The zero-order valence-electron chi connectivity index (χ0n) is 21.8. The summed E-state index contributed by atoms with van der Waals surface area (Å²) in [5.41, 5.74) is 5.20. The van der Waals surface area contributed by atoms with E-state index in [9.17, 15) is 4.79 Å². The number of aryl methyl sites for hydroxylation is 2. The molecule has 1 heterocycles. The van der Waals surface area contributed by atoms with Gasteiger partial charge < -0.3 is 19.7 Å². The van der Waals surface area contributed by atoms with Crippen LogP contribution >= 0.6 is 12.2 Å². The largest absolute Gasteiger partial charge is 0.490 e. The van der Waals surface area contributed by atoms with E-state index in [1.165, 1.54) is 5.56 Å². The van der Waals surface area contributed by atoms with E-state index in [1.54, 1.807) is 0 Å². The van der Waals surface area contributed by atoms with E-state index in [-0.39, 0.29) is 12.5 Å². The highest BCUT2D eigenvalue weighted by Gasteiger charge is 2.21. The van der Waals surface area contributed by atoms with Gasteiger partial charge in [0.1, 0.15) is 4.99 Å². The number of hydrogen-bond donors (Lipinski definition) is 1. The number of nitrogens with one attached hydrogen (secondary N) is 1. The third kappa shape index (κ3) is 7.31. The van der Waals surface area contributed by atoms with Gasteiger partial charge in [0.05, 0.1) is 6.61 Å². The fraction of sp³-hybridized carbons (Fsp3) is 0.333. The predicted molar refractivity (Wildman–Crippen MR) is 153 cm³/mol. The summed E-state index contributed by atoms with van der Waals surface area (Å²) in [5, 5.41) is 2.91. The Hall–Kier alpha value is -3.42. The van der Waals surface area contributed by atoms with Gasteiger partial charge in [-0.2, -0.15) is 0 Å². The SMILES string of the molecule is CCOc1cc(C(=S)N2CCN(Cc3ccccc3)CC2)ccc1OCC(=O)Nc1ccc(C)cc1C. The number of thiocarbonyl (C=S) groups is 1. The van der Waals surface area contributed by atoms with Gasteiger partial charge in [-0.1, -0.05) is 60.2 Å². The molecule has 0 radical (unpaired) electrons. The normalized spacial score (nSPS) is 13.8. The van der Waals surface area contributed by atoms with Crippen molar-refractivity contribution in [3.05, 3.63) is 89.0 Å². The Bertz CT molecular complexity index is 1220. The molecule has 0 bridgehead atoms. The number of anilines is 1. The average molecular weight is 518 g/mol. The average Bonchev–Trinajstić information content (AvgIpc) is 2.90. The maximum Gasteiger partial charge on any atom is 0.262 e. The Morgan fingerprint density at radius 1 is 0.919 bits per heavy atom. The van der Waals surface area contributed by atoms with Gasteiger partial charge >= 0.3 is 0 Å². The molecule has 1 aliphatic heterocycles. The van der Waals surface area contributed by atoms with Crippen LogP contribution in [0, 0.1) is 13.8 Å². The molecular weight excluding hydrogens is 482 g/mol. The second-order valence-electron chi connectivity index (χ2n) is 9.30. The molecule has 0 aromatic heterocycles. The minimum Gasteiger partial charge on any atom is -0.490 e. The van der Waals surface area contributed by atoms with E-state index in [0.29, 0.717) is 18.1 Å². The first-order chi connectivity index (χ1) is 17.9. The molecule has 1 N–H and O–H groups in total. The molecule has 0 aliphatic carbocycles. The monoisotopic (exact) mass is 517 g/mol. The lowest BCUT2D eigenvalue weighted by Gasteiger charge is -2.36. The molecule has 37 heavy (non-hydrogen) atoms. The molecule has 1 amide bonds. The van der Waals surface area contributed by atoms with E-state index in [4.69, 9.17) is 21.7 Å². The summed E-state index contributed by atoms with van der Waals surface area (Å²) in [6, 6.07) is 22.2. The molecule has 0 saturated carbocycles. The van der Waals surface area contributed by atoms with Crippen LogP contribution in [-0.4, -0.2) is 60.1 Å². The number of piperazine rings is 1. The number of hydrogen-bond acceptors (Lipinski definition) is 5. The smallest absolute Gasteiger partial charge is 0.262 e. The van der Waals surface area contributed by atoms with Crippen molar-refractivity contribution in [1.29, 1.82) is 0 Å². The van der Waals surface area contributed by atoms with Crippen molar-refractivity contribution in [2.45, 2.75) is 27.3 Å². The molecule has 1 saturated heterocycles. The standard InChI is InChI=1S/C30H35N3O3S/c1-4-35-28-19-25(30(37)33-16-14-32(15-17-33)20-24-8-6-5-7-9-24)11-13-27(28)36-21-29(34)31-26-12-10-22(2)18-23(26)3/h5-13,18-19H,4,14-17,20-21H2,1-3H3,(H,31,34). The Morgan fingerprint density at radius 3 is 2.38 bits per heavy atom. The van der Waals surface area contributed by atoms with Crippen molar-refractivity contribution >= 4 is 28.8 Å². The molecule has 6 nitrogen and oxygen atoms in total. The second kappa shape index (κ2) is 12.7. The van der Waals surface area contributed by atoms with Gasteiger partial charge in [0.15, 0.2) is 18.1 Å². The number of rotatable bonds is 9. The van der Waals surface area contributed by atoms with Gasteiger partial charge in [-0.15, -0.1) is 0 Å². The van der Waals surface area contributed by atoms with Gasteiger partial charge in [0.25, 0.3) is 5.91 Å². The molecule has 1 aliphatic rings. The maximum absolute atomic E-state index is 12.5. The van der Waals surface area contributed by atoms with E-state index in [1.807, 2.05) is 63.2 Å². The van der Waals surface area contributed by atoms with Crippen molar-refractivity contribution in [3.8, 4) is 11.5 Å². The van der Waals surface area contributed by atoms with Crippen LogP contribution in [0.5, 0.6) is 11.5 Å². The molecule has 0 unspecified atom stereocenters. The van der Waals surface area contributed by atoms with Crippen LogP contribution in [0.2, 0.25) is 0 Å². The highest BCUT2D eigenvalue weighted by Crippen LogP contribution is 2.29. The molecule has 1 fully saturated rings. The number of carbonyl (C=O) groups is 1. The van der Waals surface area contributed by atoms with Crippen molar-refractivity contribution in [1.82, 2.24) is 9.80 Å². The zero-order chi connectivity index (χ0) is 26.2.